The molecule has 5 rings (SSSR count). The molecule has 0 saturated carbocycles. The molecule has 1 N–H and O–H groups in total. The lowest BCUT2D eigenvalue weighted by atomic mass is 9.93. The summed E-state index contributed by atoms with van der Waals surface area (Å²) in [7, 11) is 1.67. The van der Waals surface area contributed by atoms with E-state index < -0.39 is 0 Å². The van der Waals surface area contributed by atoms with E-state index in [1.165, 1.54) is 0 Å². The number of amides is 1. The van der Waals surface area contributed by atoms with E-state index in [0.29, 0.717) is 12.4 Å². The molecule has 3 aromatic carbocycles. The van der Waals surface area contributed by atoms with Crippen molar-refractivity contribution >= 4 is 28.4 Å². The highest BCUT2D eigenvalue weighted by atomic mass is 35.5. The average molecular weight is 431 g/mol. The molecule has 1 aliphatic rings. The molecule has 31 heavy (non-hydrogen) atoms. The largest absolute Gasteiger partial charge is 0.497 e. The van der Waals surface area contributed by atoms with Gasteiger partial charge in [0, 0.05) is 40.0 Å². The van der Waals surface area contributed by atoms with Crippen molar-refractivity contribution < 1.29 is 9.53 Å². The van der Waals surface area contributed by atoms with Crippen LogP contribution in [0, 0.1) is 0 Å². The number of nitrogens with one attached hydrogen (secondary N) is 1. The lowest BCUT2D eigenvalue weighted by Gasteiger charge is -2.26. The number of alkyl halides is 1. The highest BCUT2D eigenvalue weighted by Gasteiger charge is 2.39. The van der Waals surface area contributed by atoms with Crippen molar-refractivity contribution in [3.63, 3.8) is 0 Å². The van der Waals surface area contributed by atoms with Gasteiger partial charge < -0.3 is 14.6 Å². The molecule has 1 aromatic heterocycles. The molecular formula is C26H23ClN2O2. The Kier molecular flexibility index (Phi) is 5.16. The molecule has 0 fully saturated rings. The number of hydrogen-bond donors (Lipinski definition) is 1. The molecule has 0 saturated heterocycles. The molecule has 0 bridgehead atoms. The van der Waals surface area contributed by atoms with Crippen LogP contribution < -0.4 is 4.74 Å². The minimum absolute atomic E-state index is 0.0626. The lowest BCUT2D eigenvalue weighted by molar-refractivity contribution is 0.0751. The van der Waals surface area contributed by atoms with E-state index in [2.05, 4.69) is 29.2 Å². The van der Waals surface area contributed by atoms with Crippen LogP contribution in [0.2, 0.25) is 0 Å². The van der Waals surface area contributed by atoms with Crippen molar-refractivity contribution in [2.75, 3.05) is 19.5 Å². The van der Waals surface area contributed by atoms with Crippen molar-refractivity contribution in [2.24, 2.45) is 0 Å². The molecule has 4 nitrogen and oxygen atoms in total. The van der Waals surface area contributed by atoms with E-state index in [1.807, 2.05) is 53.4 Å². The van der Waals surface area contributed by atoms with Crippen LogP contribution in [0.3, 0.4) is 0 Å². The number of carbonyl (C=O) groups excluding carboxylic acids is 1. The highest BCUT2D eigenvalue weighted by Crippen LogP contribution is 2.45. The molecule has 0 spiro atoms. The van der Waals surface area contributed by atoms with Crippen molar-refractivity contribution in [1.82, 2.24) is 9.88 Å². The van der Waals surface area contributed by atoms with Gasteiger partial charge in [-0.25, -0.2) is 0 Å². The first-order valence-corrected chi connectivity index (χ1v) is 11.0. The van der Waals surface area contributed by atoms with Gasteiger partial charge in [0.25, 0.3) is 5.91 Å². The van der Waals surface area contributed by atoms with Crippen molar-refractivity contribution in [1.29, 1.82) is 0 Å². The molecule has 0 aliphatic carbocycles. The maximum atomic E-state index is 13.3. The zero-order chi connectivity index (χ0) is 21.4. The Bertz CT molecular complexity index is 1260. The molecule has 4 aromatic rings. The van der Waals surface area contributed by atoms with Crippen LogP contribution >= 0.6 is 11.6 Å². The smallest absolute Gasteiger partial charge is 0.255 e. The summed E-state index contributed by atoms with van der Waals surface area (Å²) in [5.74, 6) is 1.38. The Labute approximate surface area is 186 Å². The maximum absolute atomic E-state index is 13.3. The van der Waals surface area contributed by atoms with Gasteiger partial charge in [0.05, 0.1) is 18.8 Å². The first-order chi connectivity index (χ1) is 15.2. The summed E-state index contributed by atoms with van der Waals surface area (Å²) in [6.45, 7) is 0.610. The van der Waals surface area contributed by atoms with Crippen molar-refractivity contribution in [3.8, 4) is 17.0 Å². The van der Waals surface area contributed by atoms with Crippen LogP contribution in [0.5, 0.6) is 5.75 Å². The van der Waals surface area contributed by atoms with Gasteiger partial charge in [-0.1, -0.05) is 48.5 Å². The highest BCUT2D eigenvalue weighted by molar-refractivity contribution is 6.17. The number of aromatic amines is 1. The number of halogens is 1. The first kappa shape index (κ1) is 19.7. The fraction of sp³-hybridized carbons (Fsp3) is 0.192. The summed E-state index contributed by atoms with van der Waals surface area (Å²) >= 11 is 6.01. The minimum atomic E-state index is -0.177. The summed E-state index contributed by atoms with van der Waals surface area (Å²) < 4.78 is 5.47. The number of benzene rings is 3. The van der Waals surface area contributed by atoms with Gasteiger partial charge in [0.2, 0.25) is 0 Å². The number of aromatic nitrogens is 1. The van der Waals surface area contributed by atoms with Gasteiger partial charge in [-0.15, -0.1) is 11.6 Å². The fourth-order valence-electron chi connectivity index (χ4n) is 4.60. The molecule has 1 aliphatic heterocycles. The third kappa shape index (κ3) is 3.28. The lowest BCUT2D eigenvalue weighted by Crippen LogP contribution is -2.30. The number of ether oxygens (including phenoxy) is 1. The Morgan fingerprint density at radius 1 is 1.03 bits per heavy atom. The number of fused-ring (bicyclic) bond motifs is 2. The normalized spacial score (nSPS) is 15.5. The predicted octanol–water partition coefficient (Wildman–Crippen LogP) is 6.02. The summed E-state index contributed by atoms with van der Waals surface area (Å²) in [5, 5.41) is 1.12. The molecule has 5 heteroatoms. The van der Waals surface area contributed by atoms with Crippen LogP contribution in [0.1, 0.15) is 33.9 Å². The van der Waals surface area contributed by atoms with Gasteiger partial charge in [0.15, 0.2) is 0 Å². The number of para-hydroxylation sites is 1. The topological polar surface area (TPSA) is 45.3 Å². The summed E-state index contributed by atoms with van der Waals surface area (Å²) in [6, 6.07) is 24.0. The van der Waals surface area contributed by atoms with Crippen LogP contribution in [-0.4, -0.2) is 35.3 Å². The van der Waals surface area contributed by atoms with Crippen molar-refractivity contribution in [3.05, 3.63) is 89.5 Å². The Morgan fingerprint density at radius 3 is 2.68 bits per heavy atom. The monoisotopic (exact) mass is 430 g/mol. The van der Waals surface area contributed by atoms with E-state index in [0.717, 1.165) is 51.0 Å². The van der Waals surface area contributed by atoms with Crippen LogP contribution in [0.25, 0.3) is 22.2 Å². The molecule has 2 heterocycles. The fourth-order valence-corrected chi connectivity index (χ4v) is 4.72. The number of carbonyl (C=O) groups is 1. The number of methoxy groups -OCH3 is 1. The molecular weight excluding hydrogens is 408 g/mol. The van der Waals surface area contributed by atoms with Crippen LogP contribution in [0.15, 0.2) is 72.8 Å². The first-order valence-electron chi connectivity index (χ1n) is 10.4. The Balaban J connectivity index is 1.77. The standard InChI is InChI=1S/C26H23ClN2O2/c1-31-18-9-6-8-17(16-18)24-23(21-12-4-5-13-22(21)28-24)25-19-10-2-3-11-20(19)26(30)29(25)15-7-14-27/h2-6,8-13,16,25,28H,7,14-15H2,1H3/t25-/m1/s1. The zero-order valence-electron chi connectivity index (χ0n) is 17.3. The van der Waals surface area contributed by atoms with Gasteiger partial charge in [-0.05, 0) is 36.2 Å². The zero-order valence-corrected chi connectivity index (χ0v) is 18.0. The van der Waals surface area contributed by atoms with Crippen molar-refractivity contribution in [2.45, 2.75) is 12.5 Å². The second-order valence-corrected chi connectivity index (χ2v) is 8.10. The third-order valence-corrected chi connectivity index (χ3v) is 6.24. The average Bonchev–Trinajstić information content (AvgIpc) is 3.33. The SMILES string of the molecule is COc1cccc(-c2[nH]c3ccccc3c2[C@H]2c3ccccc3C(=O)N2CCCCl)c1. The number of hydrogen-bond acceptors (Lipinski definition) is 2. The number of rotatable bonds is 6. The molecule has 0 radical (unpaired) electrons. The van der Waals surface area contributed by atoms with E-state index in [9.17, 15) is 4.79 Å². The van der Waals surface area contributed by atoms with E-state index >= 15 is 0 Å². The van der Waals surface area contributed by atoms with Gasteiger partial charge in [0.1, 0.15) is 5.75 Å². The van der Waals surface area contributed by atoms with Crippen LogP contribution in [0.4, 0.5) is 0 Å². The Hall–Kier alpha value is -3.24. The second-order valence-electron chi connectivity index (χ2n) is 7.72. The summed E-state index contributed by atoms with van der Waals surface area (Å²) in [4.78, 5) is 18.9. The van der Waals surface area contributed by atoms with E-state index in [4.69, 9.17) is 16.3 Å². The van der Waals surface area contributed by atoms with E-state index in [-0.39, 0.29) is 11.9 Å². The number of nitrogens with zero attached hydrogens (tertiary/aromatic N) is 1. The van der Waals surface area contributed by atoms with Gasteiger partial charge >= 0.3 is 0 Å². The molecule has 156 valence electrons. The summed E-state index contributed by atoms with van der Waals surface area (Å²) in [6.07, 6.45) is 0.745. The quantitative estimate of drug-likeness (QED) is 0.380. The predicted molar refractivity (Wildman–Crippen MR) is 125 cm³/mol. The molecule has 0 unspecified atom stereocenters. The van der Waals surface area contributed by atoms with E-state index in [1.54, 1.807) is 7.11 Å². The Morgan fingerprint density at radius 2 is 1.84 bits per heavy atom. The molecule has 1 atom stereocenters. The van der Waals surface area contributed by atoms with Gasteiger partial charge in [-0.3, -0.25) is 4.79 Å². The number of H-pyrrole nitrogens is 1. The van der Waals surface area contributed by atoms with Gasteiger partial charge in [-0.2, -0.15) is 0 Å². The second kappa shape index (κ2) is 8.12. The van der Waals surface area contributed by atoms with Crippen LogP contribution in [-0.2, 0) is 0 Å². The molecule has 1 amide bonds. The third-order valence-electron chi connectivity index (χ3n) is 5.97. The maximum Gasteiger partial charge on any atom is 0.255 e. The summed E-state index contributed by atoms with van der Waals surface area (Å²) in [5.41, 5.74) is 5.99. The minimum Gasteiger partial charge on any atom is -0.497 e.